The quantitative estimate of drug-likeness (QED) is 0.884. The Morgan fingerprint density at radius 2 is 2.20 bits per heavy atom. The molecule has 1 heterocycles. The monoisotopic (exact) mass is 277 g/mol. The van der Waals surface area contributed by atoms with E-state index >= 15 is 0 Å². The summed E-state index contributed by atoms with van der Waals surface area (Å²) in [4.78, 5) is 13.7. The lowest BCUT2D eigenvalue weighted by molar-refractivity contribution is 0.0996. The van der Waals surface area contributed by atoms with Gasteiger partial charge in [0.2, 0.25) is 0 Å². The Morgan fingerprint density at radius 1 is 1.45 bits per heavy atom. The molecule has 108 valence electrons. The molecule has 20 heavy (non-hydrogen) atoms. The first-order chi connectivity index (χ1) is 9.54. The van der Waals surface area contributed by atoms with E-state index in [4.69, 9.17) is 5.73 Å². The number of hydrogen-bond donors (Lipinski definition) is 2. The summed E-state index contributed by atoms with van der Waals surface area (Å²) < 4.78 is 13.4. The lowest BCUT2D eigenvalue weighted by atomic mass is 10.1. The molecule has 1 aliphatic heterocycles. The van der Waals surface area contributed by atoms with Crippen LogP contribution >= 0.6 is 0 Å². The Bertz CT molecular complexity index is 530. The van der Waals surface area contributed by atoms with Gasteiger partial charge in [-0.05, 0) is 44.4 Å². The van der Waals surface area contributed by atoms with Gasteiger partial charge in [-0.3, -0.25) is 9.69 Å². The third kappa shape index (κ3) is 2.63. The number of nitrogens with one attached hydrogen (secondary N) is 1. The van der Waals surface area contributed by atoms with Gasteiger partial charge in [0.15, 0.2) is 0 Å². The average Bonchev–Trinajstić information content (AvgIpc) is 3.16. The van der Waals surface area contributed by atoms with Crippen LogP contribution in [-0.2, 0) is 0 Å². The summed E-state index contributed by atoms with van der Waals surface area (Å²) >= 11 is 0. The topological polar surface area (TPSA) is 58.4 Å². The minimum absolute atomic E-state index is 0.0555. The van der Waals surface area contributed by atoms with Crippen LogP contribution in [0.15, 0.2) is 18.2 Å². The summed E-state index contributed by atoms with van der Waals surface area (Å²) in [6, 6.07) is 6.13. The van der Waals surface area contributed by atoms with Gasteiger partial charge in [0.05, 0.1) is 5.56 Å². The second-order valence-electron chi connectivity index (χ2n) is 5.91. The summed E-state index contributed by atoms with van der Waals surface area (Å²) in [6.45, 7) is 3.26. The van der Waals surface area contributed by atoms with Gasteiger partial charge in [-0.15, -0.1) is 0 Å². The average molecular weight is 277 g/mol. The highest BCUT2D eigenvalue weighted by molar-refractivity contribution is 5.94. The van der Waals surface area contributed by atoms with Gasteiger partial charge in [-0.25, -0.2) is 4.39 Å². The molecular formula is C15H20FN3O. The molecule has 0 spiro atoms. The zero-order valence-electron chi connectivity index (χ0n) is 11.6. The van der Waals surface area contributed by atoms with Crippen molar-refractivity contribution in [3.05, 3.63) is 29.6 Å². The van der Waals surface area contributed by atoms with E-state index in [1.165, 1.54) is 25.0 Å². The zero-order chi connectivity index (χ0) is 14.3. The lowest BCUT2D eigenvalue weighted by Crippen LogP contribution is -2.31. The van der Waals surface area contributed by atoms with Crippen molar-refractivity contribution in [1.29, 1.82) is 0 Å². The molecule has 1 aliphatic carbocycles. The van der Waals surface area contributed by atoms with Crippen molar-refractivity contribution in [3.63, 3.8) is 0 Å². The summed E-state index contributed by atoms with van der Waals surface area (Å²) in [5.41, 5.74) is 5.87. The van der Waals surface area contributed by atoms with Crippen molar-refractivity contribution in [2.75, 3.05) is 11.9 Å². The molecule has 1 amide bonds. The van der Waals surface area contributed by atoms with E-state index in [2.05, 4.69) is 17.1 Å². The Labute approximate surface area is 118 Å². The second kappa shape index (κ2) is 5.05. The van der Waals surface area contributed by atoms with E-state index in [9.17, 15) is 9.18 Å². The third-order valence-electron chi connectivity index (χ3n) is 4.24. The molecule has 1 aromatic carbocycles. The minimum Gasteiger partial charge on any atom is -0.381 e. The van der Waals surface area contributed by atoms with Crippen LogP contribution in [0.25, 0.3) is 0 Å². The molecule has 1 saturated carbocycles. The highest BCUT2D eigenvalue weighted by atomic mass is 19.1. The van der Waals surface area contributed by atoms with Crippen molar-refractivity contribution < 1.29 is 9.18 Å². The molecule has 0 bridgehead atoms. The predicted octanol–water partition coefficient (Wildman–Crippen LogP) is 1.96. The van der Waals surface area contributed by atoms with Crippen molar-refractivity contribution in [3.8, 4) is 0 Å². The number of primary amides is 1. The first-order valence-corrected chi connectivity index (χ1v) is 7.16. The Kier molecular flexibility index (Phi) is 3.38. The van der Waals surface area contributed by atoms with E-state index in [1.54, 1.807) is 6.07 Å². The van der Waals surface area contributed by atoms with Crippen LogP contribution in [0.4, 0.5) is 10.1 Å². The maximum Gasteiger partial charge on any atom is 0.251 e. The molecule has 1 saturated heterocycles. The molecule has 1 aromatic rings. The molecule has 2 fully saturated rings. The molecule has 0 aromatic heterocycles. The summed E-state index contributed by atoms with van der Waals surface area (Å²) in [5, 5.41) is 3.39. The number of hydrogen-bond acceptors (Lipinski definition) is 3. The van der Waals surface area contributed by atoms with Crippen LogP contribution in [0.2, 0.25) is 0 Å². The highest BCUT2D eigenvalue weighted by Gasteiger charge is 2.38. The number of amides is 1. The maximum absolute atomic E-state index is 13.4. The summed E-state index contributed by atoms with van der Waals surface area (Å²) in [7, 11) is 0. The minimum atomic E-state index is -0.731. The molecule has 5 heteroatoms. The van der Waals surface area contributed by atoms with Gasteiger partial charge in [0, 0.05) is 30.4 Å². The second-order valence-corrected chi connectivity index (χ2v) is 5.91. The van der Waals surface area contributed by atoms with Crippen molar-refractivity contribution in [2.24, 2.45) is 5.73 Å². The normalized spacial score (nSPS) is 26.7. The molecule has 2 atom stereocenters. The molecule has 3 rings (SSSR count). The van der Waals surface area contributed by atoms with Gasteiger partial charge in [0.1, 0.15) is 5.82 Å². The third-order valence-corrected chi connectivity index (χ3v) is 4.24. The number of benzene rings is 1. The Hall–Kier alpha value is -1.62. The van der Waals surface area contributed by atoms with Gasteiger partial charge in [-0.1, -0.05) is 0 Å². The van der Waals surface area contributed by atoms with Gasteiger partial charge >= 0.3 is 0 Å². The first kappa shape index (κ1) is 13.4. The maximum atomic E-state index is 13.4. The van der Waals surface area contributed by atoms with E-state index in [0.29, 0.717) is 12.1 Å². The predicted molar refractivity (Wildman–Crippen MR) is 76.1 cm³/mol. The molecular weight excluding hydrogens is 257 g/mol. The van der Waals surface area contributed by atoms with Crippen molar-refractivity contribution in [2.45, 2.75) is 44.3 Å². The van der Waals surface area contributed by atoms with Crippen LogP contribution in [-0.4, -0.2) is 35.5 Å². The largest absolute Gasteiger partial charge is 0.381 e. The number of nitrogens with zero attached hydrogens (tertiary/aromatic N) is 1. The number of carbonyl (C=O) groups excluding carboxylic acids is 1. The fraction of sp³-hybridized carbons (Fsp3) is 0.533. The number of nitrogens with two attached hydrogens (primary N) is 1. The van der Waals surface area contributed by atoms with Crippen molar-refractivity contribution in [1.82, 2.24) is 4.90 Å². The number of likely N-dealkylation sites (tertiary alicyclic amines) is 1. The summed E-state index contributed by atoms with van der Waals surface area (Å²) in [6.07, 6.45) is 3.68. The van der Waals surface area contributed by atoms with Crippen LogP contribution in [0.5, 0.6) is 0 Å². The molecule has 4 nitrogen and oxygen atoms in total. The van der Waals surface area contributed by atoms with Crippen molar-refractivity contribution >= 4 is 11.6 Å². The van der Waals surface area contributed by atoms with E-state index < -0.39 is 11.7 Å². The Morgan fingerprint density at radius 3 is 2.85 bits per heavy atom. The molecule has 0 radical (unpaired) electrons. The fourth-order valence-corrected chi connectivity index (χ4v) is 3.12. The molecule has 2 unspecified atom stereocenters. The molecule has 2 aliphatic rings. The number of rotatable bonds is 4. The SMILES string of the molecule is CC1CC(Nc2ccc(F)c(C(N)=O)c2)CN1C1CC1. The van der Waals surface area contributed by atoms with Crippen LogP contribution < -0.4 is 11.1 Å². The van der Waals surface area contributed by atoms with Crippen LogP contribution in [0.1, 0.15) is 36.5 Å². The zero-order valence-corrected chi connectivity index (χ0v) is 11.6. The molecule has 3 N–H and O–H groups in total. The van der Waals surface area contributed by atoms with Gasteiger partial charge in [-0.2, -0.15) is 0 Å². The van der Waals surface area contributed by atoms with E-state index in [1.807, 2.05) is 0 Å². The van der Waals surface area contributed by atoms with E-state index in [0.717, 1.165) is 24.7 Å². The van der Waals surface area contributed by atoms with Gasteiger partial charge in [0.25, 0.3) is 5.91 Å². The number of anilines is 1. The standard InChI is InChI=1S/C15H20FN3O/c1-9-6-11(8-19(9)12-3-4-12)18-10-2-5-14(16)13(7-10)15(17)20/h2,5,7,9,11-12,18H,3-4,6,8H2,1H3,(H2,17,20). The summed E-state index contributed by atoms with van der Waals surface area (Å²) in [5.74, 6) is -1.30. The first-order valence-electron chi connectivity index (χ1n) is 7.16. The van der Waals surface area contributed by atoms with Gasteiger partial charge < -0.3 is 11.1 Å². The number of carbonyl (C=O) groups is 1. The number of halogens is 1. The van der Waals surface area contributed by atoms with Crippen LogP contribution in [0, 0.1) is 5.82 Å². The van der Waals surface area contributed by atoms with Crippen LogP contribution in [0.3, 0.4) is 0 Å². The van der Waals surface area contributed by atoms with E-state index in [-0.39, 0.29) is 5.56 Å². The lowest BCUT2D eigenvalue weighted by Gasteiger charge is -2.20. The fourth-order valence-electron chi connectivity index (χ4n) is 3.12. The smallest absolute Gasteiger partial charge is 0.251 e. The Balaban J connectivity index is 1.69. The highest BCUT2D eigenvalue weighted by Crippen LogP contribution is 2.34.